The quantitative estimate of drug-likeness (QED) is 0.785. The van der Waals surface area contributed by atoms with Crippen molar-refractivity contribution in [2.24, 2.45) is 5.92 Å². The Bertz CT molecular complexity index is 840. The van der Waals surface area contributed by atoms with Gasteiger partial charge in [-0.1, -0.05) is 36.4 Å². The second kappa shape index (κ2) is 6.57. The van der Waals surface area contributed by atoms with E-state index >= 15 is 0 Å². The Morgan fingerprint density at radius 3 is 2.83 bits per heavy atom. The highest BCUT2D eigenvalue weighted by Gasteiger charge is 2.29. The van der Waals surface area contributed by atoms with Gasteiger partial charge < -0.3 is 10.1 Å². The molecule has 0 spiro atoms. The average Bonchev–Trinajstić information content (AvgIpc) is 3.14. The van der Waals surface area contributed by atoms with Gasteiger partial charge in [-0.3, -0.25) is 4.98 Å². The lowest BCUT2D eigenvalue weighted by atomic mass is 9.95. The monoisotopic (exact) mass is 322 g/mol. The minimum atomic E-state index is -0.329. The number of pyridine rings is 1. The molecule has 1 N–H and O–H groups in total. The van der Waals surface area contributed by atoms with E-state index in [2.05, 4.69) is 28.5 Å². The first-order chi connectivity index (χ1) is 11.8. The van der Waals surface area contributed by atoms with Crippen LogP contribution in [0.1, 0.15) is 18.1 Å². The molecule has 0 saturated carbocycles. The summed E-state index contributed by atoms with van der Waals surface area (Å²) in [4.78, 5) is 4.01. The Balaban J connectivity index is 1.73. The summed E-state index contributed by atoms with van der Waals surface area (Å²) in [5.41, 5.74) is 0.789. The maximum absolute atomic E-state index is 13.7. The summed E-state index contributed by atoms with van der Waals surface area (Å²) in [7, 11) is 0. The molecule has 24 heavy (non-hydrogen) atoms. The number of halogens is 1. The van der Waals surface area contributed by atoms with Crippen LogP contribution in [-0.2, 0) is 0 Å². The Kier molecular flexibility index (Phi) is 4.13. The van der Waals surface area contributed by atoms with E-state index in [1.807, 2.05) is 24.3 Å². The van der Waals surface area contributed by atoms with E-state index in [0.717, 1.165) is 41.6 Å². The van der Waals surface area contributed by atoms with Gasteiger partial charge in [-0.05, 0) is 30.5 Å². The SMILES string of the molecule is Fc1cncc([C@@H](Oc2cccc3ccccc23)[C@@H]2CCNC2)c1. The first-order valence-corrected chi connectivity index (χ1v) is 8.27. The van der Waals surface area contributed by atoms with Gasteiger partial charge >= 0.3 is 0 Å². The third-order valence-corrected chi connectivity index (χ3v) is 4.58. The van der Waals surface area contributed by atoms with Crippen LogP contribution < -0.4 is 10.1 Å². The number of ether oxygens (including phenoxy) is 1. The van der Waals surface area contributed by atoms with Crippen LogP contribution in [0.4, 0.5) is 4.39 Å². The van der Waals surface area contributed by atoms with Crippen molar-refractivity contribution in [1.82, 2.24) is 10.3 Å². The Labute approximate surface area is 140 Å². The largest absolute Gasteiger partial charge is 0.485 e. The van der Waals surface area contributed by atoms with Gasteiger partial charge in [-0.25, -0.2) is 4.39 Å². The molecular formula is C20H19FN2O. The van der Waals surface area contributed by atoms with E-state index in [9.17, 15) is 4.39 Å². The van der Waals surface area contributed by atoms with Crippen LogP contribution in [0, 0.1) is 11.7 Å². The third-order valence-electron chi connectivity index (χ3n) is 4.58. The minimum Gasteiger partial charge on any atom is -0.485 e. The fourth-order valence-electron chi connectivity index (χ4n) is 3.39. The summed E-state index contributed by atoms with van der Waals surface area (Å²) in [6, 6.07) is 15.7. The summed E-state index contributed by atoms with van der Waals surface area (Å²) >= 11 is 0. The maximum atomic E-state index is 13.7. The van der Waals surface area contributed by atoms with Crippen molar-refractivity contribution in [3.05, 3.63) is 72.3 Å². The molecule has 2 aromatic carbocycles. The molecule has 1 aliphatic rings. The van der Waals surface area contributed by atoms with Crippen LogP contribution in [0.25, 0.3) is 10.8 Å². The highest BCUT2D eigenvalue weighted by Crippen LogP contribution is 2.35. The van der Waals surface area contributed by atoms with Gasteiger partial charge in [0.1, 0.15) is 17.7 Å². The van der Waals surface area contributed by atoms with E-state index in [1.165, 1.54) is 12.3 Å². The van der Waals surface area contributed by atoms with Gasteiger partial charge in [0.25, 0.3) is 0 Å². The van der Waals surface area contributed by atoms with E-state index in [0.29, 0.717) is 5.92 Å². The smallest absolute Gasteiger partial charge is 0.141 e. The second-order valence-corrected chi connectivity index (χ2v) is 6.21. The molecule has 1 saturated heterocycles. The van der Waals surface area contributed by atoms with E-state index in [1.54, 1.807) is 6.20 Å². The van der Waals surface area contributed by atoms with Gasteiger partial charge in [0, 0.05) is 29.6 Å². The predicted octanol–water partition coefficient (Wildman–Crippen LogP) is 4.10. The number of fused-ring (bicyclic) bond motifs is 1. The Morgan fingerprint density at radius 2 is 2.00 bits per heavy atom. The van der Waals surface area contributed by atoms with Crippen molar-refractivity contribution in [1.29, 1.82) is 0 Å². The number of nitrogens with one attached hydrogen (secondary N) is 1. The molecule has 0 unspecified atom stereocenters. The summed E-state index contributed by atoms with van der Waals surface area (Å²) in [5.74, 6) is 0.798. The van der Waals surface area contributed by atoms with Gasteiger partial charge in [-0.15, -0.1) is 0 Å². The van der Waals surface area contributed by atoms with Crippen LogP contribution in [0.3, 0.4) is 0 Å². The number of aromatic nitrogens is 1. The van der Waals surface area contributed by atoms with Crippen molar-refractivity contribution >= 4 is 10.8 Å². The van der Waals surface area contributed by atoms with Crippen molar-refractivity contribution in [2.75, 3.05) is 13.1 Å². The highest BCUT2D eigenvalue weighted by molar-refractivity contribution is 5.88. The van der Waals surface area contributed by atoms with E-state index in [4.69, 9.17) is 4.74 Å². The summed E-state index contributed by atoms with van der Waals surface area (Å²) in [5, 5.41) is 5.57. The fraction of sp³-hybridized carbons (Fsp3) is 0.250. The zero-order valence-electron chi connectivity index (χ0n) is 13.3. The highest BCUT2D eigenvalue weighted by atomic mass is 19.1. The number of rotatable bonds is 4. The van der Waals surface area contributed by atoms with Crippen LogP contribution in [0.15, 0.2) is 60.9 Å². The first-order valence-electron chi connectivity index (χ1n) is 8.27. The second-order valence-electron chi connectivity index (χ2n) is 6.21. The molecule has 3 aromatic rings. The van der Waals surface area contributed by atoms with Crippen LogP contribution in [0.5, 0.6) is 5.75 Å². The van der Waals surface area contributed by atoms with Crippen LogP contribution in [0.2, 0.25) is 0 Å². The topological polar surface area (TPSA) is 34.1 Å². The van der Waals surface area contributed by atoms with Gasteiger partial charge in [0.2, 0.25) is 0 Å². The molecule has 4 rings (SSSR count). The molecule has 1 aromatic heterocycles. The average molecular weight is 322 g/mol. The lowest BCUT2D eigenvalue weighted by Gasteiger charge is -2.25. The predicted molar refractivity (Wildman–Crippen MR) is 92.5 cm³/mol. The van der Waals surface area contributed by atoms with Crippen molar-refractivity contribution in [3.8, 4) is 5.75 Å². The van der Waals surface area contributed by atoms with E-state index < -0.39 is 0 Å². The lowest BCUT2D eigenvalue weighted by Crippen LogP contribution is -2.21. The molecule has 3 nitrogen and oxygen atoms in total. The Morgan fingerprint density at radius 1 is 1.12 bits per heavy atom. The lowest BCUT2D eigenvalue weighted by molar-refractivity contribution is 0.146. The molecule has 4 heteroatoms. The number of nitrogens with zero attached hydrogens (tertiary/aromatic N) is 1. The number of benzene rings is 2. The molecule has 122 valence electrons. The molecule has 1 aliphatic heterocycles. The molecule has 0 amide bonds. The Hall–Kier alpha value is -2.46. The molecule has 2 heterocycles. The van der Waals surface area contributed by atoms with Gasteiger partial charge in [0.05, 0.1) is 6.20 Å². The third kappa shape index (κ3) is 2.97. The first kappa shape index (κ1) is 15.1. The minimum absolute atomic E-state index is 0.214. The van der Waals surface area contributed by atoms with Crippen LogP contribution >= 0.6 is 0 Å². The van der Waals surface area contributed by atoms with Gasteiger partial charge in [-0.2, -0.15) is 0 Å². The molecule has 1 fully saturated rings. The summed E-state index contributed by atoms with van der Waals surface area (Å²) in [6.07, 6.45) is 3.73. The van der Waals surface area contributed by atoms with Crippen molar-refractivity contribution in [3.63, 3.8) is 0 Å². The molecule has 2 atom stereocenters. The normalized spacial score (nSPS) is 18.6. The standard InChI is InChI=1S/C20H19FN2O/c21-17-10-16(12-23-13-17)20(15-8-9-22-11-15)24-19-7-3-5-14-4-1-2-6-18(14)19/h1-7,10,12-13,15,20,22H,8-9,11H2/t15-,20+/m1/s1. The van der Waals surface area contributed by atoms with Crippen molar-refractivity contribution in [2.45, 2.75) is 12.5 Å². The molecular weight excluding hydrogens is 303 g/mol. The number of hydrogen-bond donors (Lipinski definition) is 1. The van der Waals surface area contributed by atoms with Crippen LogP contribution in [-0.4, -0.2) is 18.1 Å². The van der Waals surface area contributed by atoms with Crippen molar-refractivity contribution < 1.29 is 9.13 Å². The summed E-state index contributed by atoms with van der Waals surface area (Å²) < 4.78 is 20.1. The molecule has 0 bridgehead atoms. The maximum Gasteiger partial charge on any atom is 0.141 e. The van der Waals surface area contributed by atoms with E-state index in [-0.39, 0.29) is 11.9 Å². The van der Waals surface area contributed by atoms with Gasteiger partial charge in [0.15, 0.2) is 0 Å². The number of hydrogen-bond acceptors (Lipinski definition) is 3. The zero-order chi connectivity index (χ0) is 16.4. The fourth-order valence-corrected chi connectivity index (χ4v) is 3.39. The zero-order valence-corrected chi connectivity index (χ0v) is 13.3. The molecule has 0 aliphatic carbocycles. The molecule has 0 radical (unpaired) electrons. The summed E-state index contributed by atoms with van der Waals surface area (Å²) in [6.45, 7) is 1.83.